The number of esters is 1. The topological polar surface area (TPSA) is 73.2 Å². The molecule has 0 radical (unpaired) electrons. The number of hydrogen-bond donors (Lipinski definition) is 1. The van der Waals surface area contributed by atoms with E-state index in [4.69, 9.17) is 0 Å². The SMILES string of the molecule is COC(=O)Cn1ncc(NC2CCC(C)(C)C2)c(Br)c1=O. The maximum Gasteiger partial charge on any atom is 0.327 e. The van der Waals surface area contributed by atoms with Gasteiger partial charge < -0.3 is 10.1 Å². The zero-order valence-electron chi connectivity index (χ0n) is 12.5. The smallest absolute Gasteiger partial charge is 0.327 e. The fourth-order valence-electron chi connectivity index (χ4n) is 2.64. The normalized spacial score (nSPS) is 20.3. The minimum atomic E-state index is -0.505. The van der Waals surface area contributed by atoms with E-state index in [0.29, 0.717) is 21.6 Å². The van der Waals surface area contributed by atoms with Gasteiger partial charge >= 0.3 is 5.97 Å². The number of rotatable bonds is 4. The van der Waals surface area contributed by atoms with Gasteiger partial charge in [0.05, 0.1) is 19.0 Å². The second-order valence-electron chi connectivity index (χ2n) is 6.16. The second-order valence-corrected chi connectivity index (χ2v) is 6.95. The van der Waals surface area contributed by atoms with Gasteiger partial charge in [-0.25, -0.2) is 4.68 Å². The predicted octanol–water partition coefficient (Wildman–Crippen LogP) is 2.17. The van der Waals surface area contributed by atoms with E-state index in [1.807, 2.05) is 0 Å². The molecule has 0 saturated heterocycles. The lowest BCUT2D eigenvalue weighted by Gasteiger charge is -2.19. The molecule has 0 aliphatic heterocycles. The first-order valence-corrected chi connectivity index (χ1v) is 7.71. The van der Waals surface area contributed by atoms with Crippen LogP contribution in [0.5, 0.6) is 0 Å². The third-order valence-electron chi connectivity index (χ3n) is 3.82. The third kappa shape index (κ3) is 3.84. The van der Waals surface area contributed by atoms with Crippen molar-refractivity contribution in [2.45, 2.75) is 45.7 Å². The molecule has 6 nitrogen and oxygen atoms in total. The van der Waals surface area contributed by atoms with Crippen LogP contribution in [0.3, 0.4) is 0 Å². The quantitative estimate of drug-likeness (QED) is 0.836. The summed E-state index contributed by atoms with van der Waals surface area (Å²) >= 11 is 3.29. The number of halogens is 1. The molecule has 7 heteroatoms. The van der Waals surface area contributed by atoms with Crippen molar-refractivity contribution in [3.8, 4) is 0 Å². The van der Waals surface area contributed by atoms with Crippen LogP contribution in [0.2, 0.25) is 0 Å². The largest absolute Gasteiger partial charge is 0.468 e. The highest BCUT2D eigenvalue weighted by Crippen LogP contribution is 2.38. The van der Waals surface area contributed by atoms with Gasteiger partial charge in [0.15, 0.2) is 0 Å². The molecule has 1 fully saturated rings. The highest BCUT2D eigenvalue weighted by molar-refractivity contribution is 9.10. The zero-order chi connectivity index (χ0) is 15.6. The van der Waals surface area contributed by atoms with Gasteiger partial charge in [-0.2, -0.15) is 5.10 Å². The van der Waals surface area contributed by atoms with Gasteiger partial charge in [-0.1, -0.05) is 13.8 Å². The van der Waals surface area contributed by atoms with Crippen molar-refractivity contribution in [1.29, 1.82) is 0 Å². The van der Waals surface area contributed by atoms with E-state index in [0.717, 1.165) is 23.9 Å². The lowest BCUT2D eigenvalue weighted by Crippen LogP contribution is -2.29. The van der Waals surface area contributed by atoms with Crippen molar-refractivity contribution in [2.24, 2.45) is 5.41 Å². The van der Waals surface area contributed by atoms with E-state index in [1.54, 1.807) is 6.20 Å². The third-order valence-corrected chi connectivity index (χ3v) is 4.59. The summed E-state index contributed by atoms with van der Waals surface area (Å²) in [5.74, 6) is -0.505. The molecule has 1 N–H and O–H groups in total. The van der Waals surface area contributed by atoms with Crippen LogP contribution in [-0.2, 0) is 16.1 Å². The molecule has 21 heavy (non-hydrogen) atoms. The first-order valence-electron chi connectivity index (χ1n) is 6.91. The van der Waals surface area contributed by atoms with Gasteiger partial charge in [-0.15, -0.1) is 0 Å². The molecule has 1 aromatic rings. The molecular formula is C14H20BrN3O3. The van der Waals surface area contributed by atoms with E-state index in [1.165, 1.54) is 7.11 Å². The molecule has 0 spiro atoms. The Hall–Kier alpha value is -1.37. The average Bonchev–Trinajstić information content (AvgIpc) is 2.77. The Bertz CT molecular complexity index is 598. The lowest BCUT2D eigenvalue weighted by atomic mass is 9.92. The monoisotopic (exact) mass is 357 g/mol. The molecule has 116 valence electrons. The number of hydrogen-bond acceptors (Lipinski definition) is 5. The number of anilines is 1. The van der Waals surface area contributed by atoms with Crippen molar-refractivity contribution in [2.75, 3.05) is 12.4 Å². The van der Waals surface area contributed by atoms with E-state index in [2.05, 4.69) is 44.9 Å². The molecule has 1 unspecified atom stereocenters. The molecule has 1 aromatic heterocycles. The molecular weight excluding hydrogens is 338 g/mol. The molecule has 1 heterocycles. The van der Waals surface area contributed by atoms with Crippen LogP contribution in [0.15, 0.2) is 15.5 Å². The maximum atomic E-state index is 12.1. The van der Waals surface area contributed by atoms with Crippen molar-refractivity contribution in [3.05, 3.63) is 21.0 Å². The van der Waals surface area contributed by atoms with Gasteiger partial charge in [0, 0.05) is 6.04 Å². The molecule has 0 aromatic carbocycles. The van der Waals surface area contributed by atoms with E-state index < -0.39 is 5.97 Å². The Balaban J connectivity index is 2.14. The highest BCUT2D eigenvalue weighted by Gasteiger charge is 2.31. The van der Waals surface area contributed by atoms with Gasteiger partial charge in [-0.05, 0) is 40.6 Å². The van der Waals surface area contributed by atoms with E-state index in [-0.39, 0.29) is 12.1 Å². The minimum Gasteiger partial charge on any atom is -0.468 e. The summed E-state index contributed by atoms with van der Waals surface area (Å²) in [6, 6.07) is 0.342. The van der Waals surface area contributed by atoms with Gasteiger partial charge in [0.1, 0.15) is 11.0 Å². The first-order chi connectivity index (χ1) is 9.82. The zero-order valence-corrected chi connectivity index (χ0v) is 14.1. The lowest BCUT2D eigenvalue weighted by molar-refractivity contribution is -0.141. The molecule has 1 saturated carbocycles. The van der Waals surface area contributed by atoms with Crippen LogP contribution in [0, 0.1) is 5.41 Å². The van der Waals surface area contributed by atoms with E-state index >= 15 is 0 Å². The summed E-state index contributed by atoms with van der Waals surface area (Å²) in [6.45, 7) is 4.30. The summed E-state index contributed by atoms with van der Waals surface area (Å²) in [7, 11) is 1.28. The highest BCUT2D eigenvalue weighted by atomic mass is 79.9. The molecule has 0 bridgehead atoms. The molecule has 1 aliphatic carbocycles. The Morgan fingerprint density at radius 1 is 1.62 bits per heavy atom. The fraction of sp³-hybridized carbons (Fsp3) is 0.643. The predicted molar refractivity (Wildman–Crippen MR) is 83.3 cm³/mol. The van der Waals surface area contributed by atoms with Gasteiger partial charge in [0.2, 0.25) is 0 Å². The van der Waals surface area contributed by atoms with Crippen LogP contribution < -0.4 is 10.9 Å². The number of carbonyl (C=O) groups is 1. The summed E-state index contributed by atoms with van der Waals surface area (Å²) in [5, 5.41) is 7.38. The standard InChI is InChI=1S/C14H20BrN3O3/c1-14(2)5-4-9(6-14)17-10-7-16-18(8-11(19)21-3)13(20)12(10)15/h7,9,17H,4-6,8H2,1-3H3. The Morgan fingerprint density at radius 2 is 2.33 bits per heavy atom. The second kappa shape index (κ2) is 6.17. The summed E-state index contributed by atoms with van der Waals surface area (Å²) in [6.07, 6.45) is 4.87. The van der Waals surface area contributed by atoms with Crippen LogP contribution in [0.25, 0.3) is 0 Å². The summed E-state index contributed by atoms with van der Waals surface area (Å²) in [4.78, 5) is 23.4. The van der Waals surface area contributed by atoms with Gasteiger partial charge in [-0.3, -0.25) is 9.59 Å². The molecule has 0 amide bonds. The summed E-state index contributed by atoms with van der Waals surface area (Å²) < 4.78 is 6.02. The number of aromatic nitrogens is 2. The van der Waals surface area contributed by atoms with Gasteiger partial charge in [0.25, 0.3) is 5.56 Å². The Morgan fingerprint density at radius 3 is 2.90 bits per heavy atom. The molecule has 1 aliphatic rings. The maximum absolute atomic E-state index is 12.1. The fourth-order valence-corrected chi connectivity index (χ4v) is 3.07. The van der Waals surface area contributed by atoms with Crippen molar-refractivity contribution in [1.82, 2.24) is 9.78 Å². The van der Waals surface area contributed by atoms with Crippen LogP contribution in [0.1, 0.15) is 33.1 Å². The number of ether oxygens (including phenoxy) is 1. The number of carbonyl (C=O) groups excluding carboxylic acids is 1. The first kappa shape index (κ1) is 16.0. The number of methoxy groups -OCH3 is 1. The summed E-state index contributed by atoms with van der Waals surface area (Å²) in [5.41, 5.74) is 0.656. The van der Waals surface area contributed by atoms with Crippen molar-refractivity contribution < 1.29 is 9.53 Å². The number of nitrogens with one attached hydrogen (secondary N) is 1. The molecule has 1 atom stereocenters. The van der Waals surface area contributed by atoms with Crippen LogP contribution in [0.4, 0.5) is 5.69 Å². The minimum absolute atomic E-state index is 0.190. The van der Waals surface area contributed by atoms with Crippen molar-refractivity contribution >= 4 is 27.6 Å². The van der Waals surface area contributed by atoms with E-state index in [9.17, 15) is 9.59 Å². The van der Waals surface area contributed by atoms with Crippen LogP contribution in [-0.4, -0.2) is 28.9 Å². The van der Waals surface area contributed by atoms with Crippen LogP contribution >= 0.6 is 15.9 Å². The Kier molecular flexibility index (Phi) is 4.70. The van der Waals surface area contributed by atoms with Crippen molar-refractivity contribution in [3.63, 3.8) is 0 Å². The molecule has 2 rings (SSSR count). The Labute approximate surface area is 132 Å². The number of nitrogens with zero attached hydrogens (tertiary/aromatic N) is 2. The average molecular weight is 358 g/mol.